The highest BCUT2D eigenvalue weighted by atomic mass is 16.5. The van der Waals surface area contributed by atoms with E-state index in [1.54, 1.807) is 6.20 Å². The van der Waals surface area contributed by atoms with Gasteiger partial charge in [0.1, 0.15) is 5.60 Å². The van der Waals surface area contributed by atoms with Crippen molar-refractivity contribution < 1.29 is 9.53 Å². The van der Waals surface area contributed by atoms with Gasteiger partial charge in [-0.1, -0.05) is 6.07 Å². The summed E-state index contributed by atoms with van der Waals surface area (Å²) < 4.78 is 5.92. The maximum atomic E-state index is 12.5. The number of hydrogen-bond acceptors (Lipinski definition) is 4. The second-order valence-electron chi connectivity index (χ2n) is 6.65. The average Bonchev–Trinajstić information content (AvgIpc) is 2.49. The standard InChI is InChI=1S/C16H24N2O2/c1-15(2)13(14(19)16(3,4)20-15)11-18(5)10-12-8-6-7-9-17-12/h6-9,13H,10-11H2,1-5H3. The molecule has 1 saturated heterocycles. The summed E-state index contributed by atoms with van der Waals surface area (Å²) in [7, 11) is 2.02. The van der Waals surface area contributed by atoms with Crippen molar-refractivity contribution in [2.24, 2.45) is 5.92 Å². The molecule has 1 aromatic heterocycles. The number of aromatic nitrogens is 1. The van der Waals surface area contributed by atoms with Crippen LogP contribution < -0.4 is 0 Å². The summed E-state index contributed by atoms with van der Waals surface area (Å²) in [5.74, 6) is 0.0848. The Morgan fingerprint density at radius 2 is 2.00 bits per heavy atom. The van der Waals surface area contributed by atoms with Crippen molar-refractivity contribution in [3.05, 3.63) is 30.1 Å². The Hall–Kier alpha value is -1.26. The van der Waals surface area contributed by atoms with E-state index in [2.05, 4.69) is 9.88 Å². The molecule has 1 atom stereocenters. The molecule has 1 aliphatic rings. The maximum absolute atomic E-state index is 12.5. The Balaban J connectivity index is 2.04. The summed E-state index contributed by atoms with van der Waals surface area (Å²) in [4.78, 5) is 18.9. The normalized spacial score (nSPS) is 24.3. The van der Waals surface area contributed by atoms with Gasteiger partial charge >= 0.3 is 0 Å². The van der Waals surface area contributed by atoms with Crippen LogP contribution in [-0.4, -0.2) is 40.5 Å². The SMILES string of the molecule is CN(Cc1ccccn1)CC1C(=O)C(C)(C)OC1(C)C. The van der Waals surface area contributed by atoms with Gasteiger partial charge in [-0.3, -0.25) is 14.7 Å². The first-order valence-electron chi connectivity index (χ1n) is 7.05. The lowest BCUT2D eigenvalue weighted by Gasteiger charge is -2.28. The van der Waals surface area contributed by atoms with Gasteiger partial charge in [0.15, 0.2) is 5.78 Å². The van der Waals surface area contributed by atoms with Crippen LogP contribution in [0, 0.1) is 5.92 Å². The third-order valence-electron chi connectivity index (χ3n) is 3.92. The topological polar surface area (TPSA) is 42.4 Å². The fourth-order valence-corrected chi connectivity index (χ4v) is 2.96. The van der Waals surface area contributed by atoms with Gasteiger partial charge in [-0.2, -0.15) is 0 Å². The third-order valence-corrected chi connectivity index (χ3v) is 3.92. The highest BCUT2D eigenvalue weighted by Gasteiger charge is 2.53. The first-order chi connectivity index (χ1) is 9.22. The number of carbonyl (C=O) groups excluding carboxylic acids is 1. The molecule has 0 N–H and O–H groups in total. The summed E-state index contributed by atoms with van der Waals surface area (Å²) in [6, 6.07) is 5.88. The number of ether oxygens (including phenoxy) is 1. The van der Waals surface area contributed by atoms with E-state index in [0.717, 1.165) is 12.2 Å². The van der Waals surface area contributed by atoms with E-state index >= 15 is 0 Å². The highest BCUT2D eigenvalue weighted by molar-refractivity contribution is 5.91. The van der Waals surface area contributed by atoms with E-state index in [-0.39, 0.29) is 11.7 Å². The number of carbonyl (C=O) groups is 1. The van der Waals surface area contributed by atoms with Crippen molar-refractivity contribution in [3.8, 4) is 0 Å². The lowest BCUT2D eigenvalue weighted by atomic mass is 9.85. The van der Waals surface area contributed by atoms with Crippen LogP contribution in [0.4, 0.5) is 0 Å². The molecule has 0 spiro atoms. The highest BCUT2D eigenvalue weighted by Crippen LogP contribution is 2.39. The lowest BCUT2D eigenvalue weighted by molar-refractivity contribution is -0.132. The Bertz CT molecular complexity index is 483. The van der Waals surface area contributed by atoms with Crippen LogP contribution in [0.5, 0.6) is 0 Å². The number of rotatable bonds is 4. The third kappa shape index (κ3) is 3.07. The monoisotopic (exact) mass is 276 g/mol. The number of hydrogen-bond donors (Lipinski definition) is 0. The van der Waals surface area contributed by atoms with Gasteiger partial charge in [0.25, 0.3) is 0 Å². The molecule has 4 heteroatoms. The molecule has 0 amide bonds. The lowest BCUT2D eigenvalue weighted by Crippen LogP contribution is -2.39. The van der Waals surface area contributed by atoms with Gasteiger partial charge in [-0.05, 0) is 46.9 Å². The van der Waals surface area contributed by atoms with Crippen molar-refractivity contribution >= 4 is 5.78 Å². The number of nitrogens with zero attached hydrogens (tertiary/aromatic N) is 2. The Kier molecular flexibility index (Phi) is 3.98. The largest absolute Gasteiger partial charge is 0.361 e. The molecule has 1 unspecified atom stereocenters. The Morgan fingerprint density at radius 3 is 2.50 bits per heavy atom. The number of Topliss-reactive ketones (excluding diaryl/α,β-unsaturated/α-hetero) is 1. The van der Waals surface area contributed by atoms with Gasteiger partial charge in [-0.15, -0.1) is 0 Å². The molecule has 0 bridgehead atoms. The molecule has 4 nitrogen and oxygen atoms in total. The van der Waals surface area contributed by atoms with Gasteiger partial charge in [0, 0.05) is 19.3 Å². The van der Waals surface area contributed by atoms with Crippen molar-refractivity contribution in [3.63, 3.8) is 0 Å². The molecule has 0 aliphatic carbocycles. The summed E-state index contributed by atoms with van der Waals surface area (Å²) in [5, 5.41) is 0. The van der Waals surface area contributed by atoms with Crippen molar-refractivity contribution in [1.29, 1.82) is 0 Å². The summed E-state index contributed by atoms with van der Waals surface area (Å²) in [6.07, 6.45) is 1.79. The molecule has 2 heterocycles. The molecular weight excluding hydrogens is 252 g/mol. The first-order valence-corrected chi connectivity index (χ1v) is 7.05. The van der Waals surface area contributed by atoms with Crippen LogP contribution in [0.1, 0.15) is 33.4 Å². The molecule has 1 aliphatic heterocycles. The second kappa shape index (κ2) is 5.26. The molecule has 20 heavy (non-hydrogen) atoms. The van der Waals surface area contributed by atoms with Crippen LogP contribution in [0.2, 0.25) is 0 Å². The first kappa shape index (κ1) is 15.1. The van der Waals surface area contributed by atoms with Crippen molar-refractivity contribution in [2.45, 2.75) is 45.4 Å². The maximum Gasteiger partial charge on any atom is 0.171 e. The van der Waals surface area contributed by atoms with E-state index in [9.17, 15) is 4.79 Å². The summed E-state index contributed by atoms with van der Waals surface area (Å²) in [5.41, 5.74) is -0.0858. The molecular formula is C16H24N2O2. The fourth-order valence-electron chi connectivity index (χ4n) is 2.96. The zero-order valence-electron chi connectivity index (χ0n) is 13.0. The smallest absolute Gasteiger partial charge is 0.171 e. The molecule has 0 aromatic carbocycles. The molecule has 1 aromatic rings. The van der Waals surface area contributed by atoms with Crippen LogP contribution in [0.25, 0.3) is 0 Å². The average molecular weight is 276 g/mol. The van der Waals surface area contributed by atoms with E-state index < -0.39 is 11.2 Å². The minimum atomic E-state index is -0.681. The quantitative estimate of drug-likeness (QED) is 0.846. The summed E-state index contributed by atoms with van der Waals surface area (Å²) in [6.45, 7) is 9.14. The van der Waals surface area contributed by atoms with Gasteiger partial charge < -0.3 is 4.74 Å². The Labute approximate surface area is 121 Å². The molecule has 0 radical (unpaired) electrons. The minimum Gasteiger partial charge on any atom is -0.361 e. The van der Waals surface area contributed by atoms with Crippen LogP contribution >= 0.6 is 0 Å². The van der Waals surface area contributed by atoms with Gasteiger partial charge in [-0.25, -0.2) is 0 Å². The van der Waals surface area contributed by atoms with E-state index in [0.29, 0.717) is 6.54 Å². The van der Waals surface area contributed by atoms with E-state index in [1.165, 1.54) is 0 Å². The number of pyridine rings is 1. The predicted octanol–water partition coefficient (Wildman–Crippen LogP) is 2.29. The van der Waals surface area contributed by atoms with E-state index in [4.69, 9.17) is 4.74 Å². The second-order valence-corrected chi connectivity index (χ2v) is 6.65. The molecule has 2 rings (SSSR count). The van der Waals surface area contributed by atoms with Gasteiger partial charge in [0.2, 0.25) is 0 Å². The van der Waals surface area contributed by atoms with Crippen LogP contribution in [0.3, 0.4) is 0 Å². The molecule has 110 valence electrons. The summed E-state index contributed by atoms with van der Waals surface area (Å²) >= 11 is 0. The fraction of sp³-hybridized carbons (Fsp3) is 0.625. The Morgan fingerprint density at radius 1 is 1.30 bits per heavy atom. The minimum absolute atomic E-state index is 0.105. The van der Waals surface area contributed by atoms with Gasteiger partial charge in [0.05, 0.1) is 17.2 Å². The zero-order valence-corrected chi connectivity index (χ0v) is 13.0. The van der Waals surface area contributed by atoms with Crippen LogP contribution in [-0.2, 0) is 16.1 Å². The van der Waals surface area contributed by atoms with Crippen LogP contribution in [0.15, 0.2) is 24.4 Å². The molecule has 0 saturated carbocycles. The predicted molar refractivity (Wildman–Crippen MR) is 78.3 cm³/mol. The number of ketones is 1. The van der Waals surface area contributed by atoms with E-state index in [1.807, 2.05) is 52.9 Å². The molecule has 1 fully saturated rings. The zero-order chi connectivity index (χ0) is 15.0. The van der Waals surface area contributed by atoms with Crippen molar-refractivity contribution in [2.75, 3.05) is 13.6 Å². The van der Waals surface area contributed by atoms with Crippen molar-refractivity contribution in [1.82, 2.24) is 9.88 Å².